The summed E-state index contributed by atoms with van der Waals surface area (Å²) in [5.41, 5.74) is 1.03. The molecule has 23 heavy (non-hydrogen) atoms. The highest BCUT2D eigenvalue weighted by Gasteiger charge is 2.42. The SMILES string of the molecule is COc1cc(CN2CC2C(=O)NC2CCSC2=O)cc(OC)c1. The van der Waals surface area contributed by atoms with Crippen LogP contribution in [-0.4, -0.2) is 54.5 Å². The number of hydrogen-bond acceptors (Lipinski definition) is 6. The Labute approximate surface area is 139 Å². The standard InChI is InChI=1S/C16H20N2O4S/c1-21-11-5-10(6-12(7-11)22-2)8-18-9-14(18)15(19)17-13-3-4-23-16(13)20/h5-7,13-14H,3-4,8-9H2,1-2H3,(H,17,19). The number of nitrogens with zero attached hydrogens (tertiary/aromatic N) is 1. The first kappa shape index (κ1) is 16.1. The molecule has 3 unspecified atom stereocenters. The second-order valence-electron chi connectivity index (χ2n) is 5.68. The Morgan fingerprint density at radius 3 is 2.57 bits per heavy atom. The van der Waals surface area contributed by atoms with Crippen LogP contribution in [0.2, 0.25) is 0 Å². The molecule has 0 saturated carbocycles. The molecule has 2 aliphatic rings. The fraction of sp³-hybridized carbons (Fsp3) is 0.500. The predicted octanol–water partition coefficient (Wildman–Crippen LogP) is 1.04. The van der Waals surface area contributed by atoms with Crippen molar-refractivity contribution < 1.29 is 19.1 Å². The lowest BCUT2D eigenvalue weighted by molar-refractivity contribution is -0.124. The van der Waals surface area contributed by atoms with Crippen molar-refractivity contribution in [2.75, 3.05) is 26.5 Å². The molecule has 1 aromatic rings. The number of carbonyl (C=O) groups is 2. The van der Waals surface area contributed by atoms with Gasteiger partial charge in [-0.1, -0.05) is 11.8 Å². The van der Waals surface area contributed by atoms with E-state index in [0.29, 0.717) is 13.1 Å². The van der Waals surface area contributed by atoms with Crippen LogP contribution in [0, 0.1) is 0 Å². The second-order valence-corrected chi connectivity index (χ2v) is 6.78. The third-order valence-corrected chi connectivity index (χ3v) is 5.07. The van der Waals surface area contributed by atoms with Crippen molar-refractivity contribution in [2.45, 2.75) is 25.0 Å². The molecule has 1 amide bonds. The molecule has 0 aromatic heterocycles. The summed E-state index contributed by atoms with van der Waals surface area (Å²) in [7, 11) is 3.23. The third kappa shape index (κ3) is 3.79. The first-order valence-electron chi connectivity index (χ1n) is 7.53. The van der Waals surface area contributed by atoms with Gasteiger partial charge in [0.25, 0.3) is 0 Å². The molecule has 0 radical (unpaired) electrons. The van der Waals surface area contributed by atoms with Crippen LogP contribution >= 0.6 is 11.8 Å². The molecule has 2 fully saturated rings. The number of benzene rings is 1. The van der Waals surface area contributed by atoms with E-state index in [0.717, 1.165) is 29.2 Å². The van der Waals surface area contributed by atoms with Gasteiger partial charge in [-0.15, -0.1) is 0 Å². The lowest BCUT2D eigenvalue weighted by Gasteiger charge is -2.11. The Hall–Kier alpha value is -1.73. The zero-order valence-electron chi connectivity index (χ0n) is 13.2. The number of hydrogen-bond donors (Lipinski definition) is 1. The first-order valence-corrected chi connectivity index (χ1v) is 8.52. The number of carbonyl (C=O) groups excluding carboxylic acids is 2. The molecule has 2 aliphatic heterocycles. The van der Waals surface area contributed by atoms with Gasteiger partial charge in [0.2, 0.25) is 11.0 Å². The van der Waals surface area contributed by atoms with Crippen LogP contribution in [-0.2, 0) is 16.1 Å². The van der Waals surface area contributed by atoms with E-state index in [1.165, 1.54) is 11.8 Å². The zero-order chi connectivity index (χ0) is 16.4. The summed E-state index contributed by atoms with van der Waals surface area (Å²) in [4.78, 5) is 25.8. The van der Waals surface area contributed by atoms with Crippen molar-refractivity contribution in [3.63, 3.8) is 0 Å². The normalized spacial score (nSPS) is 26.0. The first-order chi connectivity index (χ1) is 11.1. The maximum atomic E-state index is 12.2. The van der Waals surface area contributed by atoms with E-state index < -0.39 is 0 Å². The van der Waals surface area contributed by atoms with Crippen molar-refractivity contribution in [3.8, 4) is 11.5 Å². The van der Waals surface area contributed by atoms with E-state index in [1.807, 2.05) is 18.2 Å². The summed E-state index contributed by atoms with van der Waals surface area (Å²) in [6.45, 7) is 1.36. The topological polar surface area (TPSA) is 67.6 Å². The van der Waals surface area contributed by atoms with Crippen molar-refractivity contribution in [1.82, 2.24) is 10.2 Å². The molecule has 1 aromatic carbocycles. The van der Waals surface area contributed by atoms with Crippen LogP contribution in [0.15, 0.2) is 18.2 Å². The summed E-state index contributed by atoms with van der Waals surface area (Å²) in [5.74, 6) is 2.20. The van der Waals surface area contributed by atoms with Gasteiger partial charge in [-0.3, -0.25) is 14.5 Å². The van der Waals surface area contributed by atoms with Gasteiger partial charge in [0.15, 0.2) is 0 Å². The average Bonchev–Trinajstić information content (AvgIpc) is 3.21. The Bertz CT molecular complexity index is 600. The highest BCUT2D eigenvalue weighted by atomic mass is 32.2. The van der Waals surface area contributed by atoms with E-state index in [4.69, 9.17) is 9.47 Å². The third-order valence-electron chi connectivity index (χ3n) is 4.07. The smallest absolute Gasteiger partial charge is 0.239 e. The minimum Gasteiger partial charge on any atom is -0.497 e. The average molecular weight is 336 g/mol. The fourth-order valence-corrected chi connectivity index (χ4v) is 3.62. The van der Waals surface area contributed by atoms with Crippen LogP contribution < -0.4 is 14.8 Å². The monoisotopic (exact) mass is 336 g/mol. The molecule has 124 valence electrons. The van der Waals surface area contributed by atoms with Crippen molar-refractivity contribution in [1.29, 1.82) is 0 Å². The van der Waals surface area contributed by atoms with Crippen LogP contribution in [0.1, 0.15) is 12.0 Å². The molecule has 6 nitrogen and oxygen atoms in total. The molecular weight excluding hydrogens is 316 g/mol. The number of ether oxygens (including phenoxy) is 2. The molecule has 2 heterocycles. The summed E-state index contributed by atoms with van der Waals surface area (Å²) in [5, 5.41) is 2.92. The Balaban J connectivity index is 1.56. The minimum atomic E-state index is -0.313. The van der Waals surface area contributed by atoms with Gasteiger partial charge in [0.1, 0.15) is 17.5 Å². The van der Waals surface area contributed by atoms with Crippen molar-refractivity contribution in [3.05, 3.63) is 23.8 Å². The maximum absolute atomic E-state index is 12.2. The molecular formula is C16H20N2O4S. The molecule has 0 aliphatic carbocycles. The molecule has 0 bridgehead atoms. The molecule has 3 rings (SSSR count). The second kappa shape index (κ2) is 6.80. The van der Waals surface area contributed by atoms with Gasteiger partial charge >= 0.3 is 0 Å². The van der Waals surface area contributed by atoms with Gasteiger partial charge in [-0.2, -0.15) is 0 Å². The molecule has 7 heteroatoms. The lowest BCUT2D eigenvalue weighted by atomic mass is 10.2. The summed E-state index contributed by atoms with van der Waals surface area (Å²) >= 11 is 1.30. The zero-order valence-corrected chi connectivity index (χ0v) is 14.0. The van der Waals surface area contributed by atoms with E-state index in [9.17, 15) is 9.59 Å². The fourth-order valence-electron chi connectivity index (χ4n) is 2.69. The number of rotatable bonds is 6. The Kier molecular flexibility index (Phi) is 4.77. The van der Waals surface area contributed by atoms with Gasteiger partial charge < -0.3 is 14.8 Å². The summed E-state index contributed by atoms with van der Waals surface area (Å²) in [6.07, 6.45) is 0.731. The van der Waals surface area contributed by atoms with Crippen molar-refractivity contribution >= 4 is 22.8 Å². The molecule has 0 spiro atoms. The van der Waals surface area contributed by atoms with Crippen molar-refractivity contribution in [2.24, 2.45) is 0 Å². The van der Waals surface area contributed by atoms with Gasteiger partial charge in [-0.25, -0.2) is 0 Å². The number of thioether (sulfide) groups is 1. The Morgan fingerprint density at radius 1 is 1.30 bits per heavy atom. The van der Waals surface area contributed by atoms with Gasteiger partial charge in [-0.05, 0) is 24.1 Å². The van der Waals surface area contributed by atoms with E-state index >= 15 is 0 Å². The van der Waals surface area contributed by atoms with E-state index in [1.54, 1.807) is 14.2 Å². The number of nitrogens with one attached hydrogen (secondary N) is 1. The van der Waals surface area contributed by atoms with E-state index in [-0.39, 0.29) is 23.1 Å². The highest BCUT2D eigenvalue weighted by Crippen LogP contribution is 2.28. The van der Waals surface area contributed by atoms with Crippen LogP contribution in [0.3, 0.4) is 0 Å². The predicted molar refractivity (Wildman–Crippen MR) is 87.8 cm³/mol. The number of amides is 1. The van der Waals surface area contributed by atoms with Gasteiger partial charge in [0.05, 0.1) is 20.3 Å². The summed E-state index contributed by atoms with van der Waals surface area (Å²) < 4.78 is 10.5. The molecule has 3 atom stereocenters. The van der Waals surface area contributed by atoms with E-state index in [2.05, 4.69) is 10.2 Å². The molecule has 1 N–H and O–H groups in total. The number of methoxy groups -OCH3 is 2. The minimum absolute atomic E-state index is 0.0549. The Morgan fingerprint density at radius 2 is 2.00 bits per heavy atom. The molecule has 2 saturated heterocycles. The lowest BCUT2D eigenvalue weighted by Crippen LogP contribution is -2.40. The quantitative estimate of drug-likeness (QED) is 0.783. The van der Waals surface area contributed by atoms with Crippen LogP contribution in [0.4, 0.5) is 0 Å². The maximum Gasteiger partial charge on any atom is 0.239 e. The van der Waals surface area contributed by atoms with Crippen LogP contribution in [0.25, 0.3) is 0 Å². The highest BCUT2D eigenvalue weighted by molar-refractivity contribution is 8.14. The van der Waals surface area contributed by atoms with Crippen LogP contribution in [0.5, 0.6) is 11.5 Å². The van der Waals surface area contributed by atoms with Gasteiger partial charge in [0, 0.05) is 24.9 Å². The summed E-state index contributed by atoms with van der Waals surface area (Å²) in [6, 6.07) is 5.23. The largest absolute Gasteiger partial charge is 0.497 e.